The predicted molar refractivity (Wildman–Crippen MR) is 40.7 cm³/mol. The van der Waals surface area contributed by atoms with Crippen molar-refractivity contribution in [3.8, 4) is 0 Å². The van der Waals surface area contributed by atoms with Crippen LogP contribution in [0.1, 0.15) is 33.6 Å². The van der Waals surface area contributed by atoms with Crippen LogP contribution in [0.4, 0.5) is 0 Å². The third kappa shape index (κ3) is 4.36. The van der Waals surface area contributed by atoms with E-state index in [1.165, 1.54) is 0 Å². The Morgan fingerprint density at radius 1 is 1.50 bits per heavy atom. The highest BCUT2D eigenvalue weighted by Crippen LogP contribution is 1.97. The maximum Gasteiger partial charge on any atom is 0.308 e. The Balaban J connectivity index is 3.22. The highest BCUT2D eigenvalue weighted by atomic mass is 16.5. The van der Waals surface area contributed by atoms with Crippen molar-refractivity contribution in [3.05, 3.63) is 0 Å². The van der Waals surface area contributed by atoms with Gasteiger partial charge in [-0.15, -0.1) is 0 Å². The molecule has 0 spiro atoms. The van der Waals surface area contributed by atoms with Crippen LogP contribution in [-0.4, -0.2) is 12.6 Å². The van der Waals surface area contributed by atoms with Gasteiger partial charge in [0.15, 0.2) is 0 Å². The quantitative estimate of drug-likeness (QED) is 0.445. The number of carbonyl (C=O) groups excluding carboxylic acids is 1. The van der Waals surface area contributed by atoms with E-state index in [9.17, 15) is 4.79 Å². The third-order valence-corrected chi connectivity index (χ3v) is 1.21. The minimum atomic E-state index is -0.0894. The lowest BCUT2D eigenvalue weighted by atomic mass is 10.2. The first-order valence-electron chi connectivity index (χ1n) is 3.85. The van der Waals surface area contributed by atoms with E-state index < -0.39 is 0 Å². The monoisotopic (exact) mass is 144 g/mol. The molecule has 2 heteroatoms. The summed E-state index contributed by atoms with van der Waals surface area (Å²) < 4.78 is 4.90. The van der Waals surface area contributed by atoms with Gasteiger partial charge in [0.2, 0.25) is 0 Å². The molecule has 0 aromatic heterocycles. The lowest BCUT2D eigenvalue weighted by Crippen LogP contribution is -2.12. The first-order chi connectivity index (χ1) is 4.68. The summed E-state index contributed by atoms with van der Waals surface area (Å²) in [6.45, 7) is 6.33. The molecule has 0 aromatic rings. The predicted octanol–water partition coefficient (Wildman–Crippen LogP) is 1.99. The number of hydrogen-bond acceptors (Lipinski definition) is 2. The van der Waals surface area contributed by atoms with Gasteiger partial charge in [0, 0.05) is 0 Å². The van der Waals surface area contributed by atoms with Crippen molar-refractivity contribution in [1.29, 1.82) is 0 Å². The molecule has 0 saturated carbocycles. The molecular formula is C8H16O2. The number of carbonyl (C=O) groups is 1. The lowest BCUT2D eigenvalue weighted by Gasteiger charge is -2.04. The normalized spacial score (nSPS) is 10.0. The molecule has 0 unspecified atom stereocenters. The van der Waals surface area contributed by atoms with Crippen LogP contribution in [0, 0.1) is 5.92 Å². The first-order valence-corrected chi connectivity index (χ1v) is 3.85. The Kier molecular flexibility index (Phi) is 4.99. The van der Waals surface area contributed by atoms with Gasteiger partial charge in [-0.25, -0.2) is 0 Å². The lowest BCUT2D eigenvalue weighted by molar-refractivity contribution is -0.147. The second kappa shape index (κ2) is 5.27. The number of rotatable bonds is 4. The molecule has 0 fully saturated rings. The maximum atomic E-state index is 10.8. The first kappa shape index (κ1) is 9.47. The fourth-order valence-electron chi connectivity index (χ4n) is 0.484. The van der Waals surface area contributed by atoms with E-state index in [0.29, 0.717) is 6.61 Å². The van der Waals surface area contributed by atoms with E-state index in [1.807, 2.05) is 13.8 Å². The van der Waals surface area contributed by atoms with Gasteiger partial charge in [0.25, 0.3) is 0 Å². The van der Waals surface area contributed by atoms with E-state index >= 15 is 0 Å². The molecule has 0 bridgehead atoms. The van der Waals surface area contributed by atoms with E-state index in [-0.39, 0.29) is 11.9 Å². The van der Waals surface area contributed by atoms with Crippen molar-refractivity contribution in [2.75, 3.05) is 6.61 Å². The Hall–Kier alpha value is -0.530. The average molecular weight is 144 g/mol. The minimum absolute atomic E-state index is 0.0110. The molecule has 0 atom stereocenters. The zero-order valence-corrected chi connectivity index (χ0v) is 7.02. The second-order valence-electron chi connectivity index (χ2n) is 2.68. The van der Waals surface area contributed by atoms with Crippen LogP contribution in [0.2, 0.25) is 0 Å². The summed E-state index contributed by atoms with van der Waals surface area (Å²) in [5.74, 6) is -0.0784. The van der Waals surface area contributed by atoms with Gasteiger partial charge in [-0.1, -0.05) is 27.2 Å². The van der Waals surface area contributed by atoms with E-state index in [2.05, 4.69) is 6.92 Å². The van der Waals surface area contributed by atoms with Crippen molar-refractivity contribution < 1.29 is 9.53 Å². The maximum absolute atomic E-state index is 10.8. The summed E-state index contributed by atoms with van der Waals surface area (Å²) >= 11 is 0. The number of esters is 1. The minimum Gasteiger partial charge on any atom is -0.465 e. The molecule has 0 N–H and O–H groups in total. The third-order valence-electron chi connectivity index (χ3n) is 1.21. The van der Waals surface area contributed by atoms with Crippen LogP contribution in [-0.2, 0) is 9.53 Å². The number of ether oxygens (including phenoxy) is 1. The summed E-state index contributed by atoms with van der Waals surface area (Å²) in [5, 5.41) is 0. The van der Waals surface area contributed by atoms with Gasteiger partial charge in [-0.3, -0.25) is 4.79 Å². The zero-order chi connectivity index (χ0) is 7.98. The molecule has 0 saturated heterocycles. The summed E-state index contributed by atoms with van der Waals surface area (Å²) in [6, 6.07) is 0. The molecule has 10 heavy (non-hydrogen) atoms. The van der Waals surface area contributed by atoms with E-state index in [4.69, 9.17) is 4.74 Å². The summed E-state index contributed by atoms with van der Waals surface area (Å²) in [4.78, 5) is 10.8. The second-order valence-corrected chi connectivity index (χ2v) is 2.68. The van der Waals surface area contributed by atoms with Crippen molar-refractivity contribution in [2.24, 2.45) is 5.92 Å². The van der Waals surface area contributed by atoms with Gasteiger partial charge in [0.05, 0.1) is 12.5 Å². The van der Waals surface area contributed by atoms with Crippen LogP contribution in [0.5, 0.6) is 0 Å². The highest BCUT2D eigenvalue weighted by molar-refractivity contribution is 5.71. The molecule has 0 aliphatic rings. The molecule has 0 heterocycles. The van der Waals surface area contributed by atoms with Crippen molar-refractivity contribution in [1.82, 2.24) is 0 Å². The summed E-state index contributed by atoms with van der Waals surface area (Å²) in [5.41, 5.74) is 0. The van der Waals surface area contributed by atoms with Gasteiger partial charge >= 0.3 is 5.97 Å². The van der Waals surface area contributed by atoms with Gasteiger partial charge in [-0.2, -0.15) is 0 Å². The van der Waals surface area contributed by atoms with Gasteiger partial charge < -0.3 is 4.74 Å². The Bertz CT molecular complexity index is 97.4. The summed E-state index contributed by atoms with van der Waals surface area (Å²) in [6.07, 6.45) is 2.05. The molecule has 0 radical (unpaired) electrons. The topological polar surface area (TPSA) is 26.3 Å². The molecule has 0 aliphatic carbocycles. The SMILES string of the molecule is CCCCOC(=O)C(C)C. The van der Waals surface area contributed by atoms with Crippen LogP contribution in [0.15, 0.2) is 0 Å². The van der Waals surface area contributed by atoms with E-state index in [0.717, 1.165) is 12.8 Å². The standard InChI is InChI=1S/C8H16O2/c1-4-5-6-10-8(9)7(2)3/h7H,4-6H2,1-3H3. The van der Waals surface area contributed by atoms with Crippen molar-refractivity contribution in [3.63, 3.8) is 0 Å². The van der Waals surface area contributed by atoms with E-state index in [1.54, 1.807) is 0 Å². The van der Waals surface area contributed by atoms with Crippen LogP contribution >= 0.6 is 0 Å². The highest BCUT2D eigenvalue weighted by Gasteiger charge is 2.06. The smallest absolute Gasteiger partial charge is 0.308 e. The molecule has 0 aromatic carbocycles. The molecule has 2 nitrogen and oxygen atoms in total. The van der Waals surface area contributed by atoms with Crippen molar-refractivity contribution in [2.45, 2.75) is 33.6 Å². The molecule has 0 aliphatic heterocycles. The molecule has 60 valence electrons. The fourth-order valence-corrected chi connectivity index (χ4v) is 0.484. The van der Waals surface area contributed by atoms with Crippen LogP contribution in [0.3, 0.4) is 0 Å². The van der Waals surface area contributed by atoms with Gasteiger partial charge in [0.1, 0.15) is 0 Å². The fraction of sp³-hybridized carbons (Fsp3) is 0.875. The summed E-state index contributed by atoms with van der Waals surface area (Å²) in [7, 11) is 0. The Labute approximate surface area is 62.6 Å². The number of unbranched alkanes of at least 4 members (excludes halogenated alkanes) is 1. The van der Waals surface area contributed by atoms with Crippen LogP contribution in [0.25, 0.3) is 0 Å². The largest absolute Gasteiger partial charge is 0.465 e. The Morgan fingerprint density at radius 2 is 2.10 bits per heavy atom. The number of hydrogen-bond donors (Lipinski definition) is 0. The van der Waals surface area contributed by atoms with Crippen LogP contribution < -0.4 is 0 Å². The molecule has 0 rings (SSSR count). The van der Waals surface area contributed by atoms with Gasteiger partial charge in [-0.05, 0) is 6.42 Å². The molecule has 0 amide bonds. The molecular weight excluding hydrogens is 128 g/mol. The average Bonchev–Trinajstić information content (AvgIpc) is 1.88. The Morgan fingerprint density at radius 3 is 2.50 bits per heavy atom. The zero-order valence-electron chi connectivity index (χ0n) is 7.02. The van der Waals surface area contributed by atoms with Crippen molar-refractivity contribution >= 4 is 5.97 Å².